The Morgan fingerprint density at radius 3 is 2.57 bits per heavy atom. The van der Waals surface area contributed by atoms with Crippen molar-refractivity contribution in [3.63, 3.8) is 0 Å². The van der Waals surface area contributed by atoms with Crippen LogP contribution in [0.3, 0.4) is 0 Å². The monoisotopic (exact) mass is 290 g/mol. The van der Waals surface area contributed by atoms with Gasteiger partial charge in [-0.1, -0.05) is 20.8 Å². The molecule has 3 aliphatic carbocycles. The lowest BCUT2D eigenvalue weighted by molar-refractivity contribution is -0.149. The van der Waals surface area contributed by atoms with Crippen molar-refractivity contribution < 1.29 is 9.53 Å². The molecule has 5 atom stereocenters. The van der Waals surface area contributed by atoms with E-state index in [1.54, 1.807) is 0 Å². The van der Waals surface area contributed by atoms with Gasteiger partial charge in [0.1, 0.15) is 5.76 Å². The van der Waals surface area contributed by atoms with Gasteiger partial charge in [-0.2, -0.15) is 0 Å². The highest BCUT2D eigenvalue weighted by Gasteiger charge is 2.74. The molecule has 0 saturated heterocycles. The van der Waals surface area contributed by atoms with Crippen molar-refractivity contribution in [3.05, 3.63) is 11.8 Å². The first-order chi connectivity index (χ1) is 9.69. The molecule has 2 heteroatoms. The molecule has 21 heavy (non-hydrogen) atoms. The lowest BCUT2D eigenvalue weighted by Crippen LogP contribution is -2.27. The number of fused-ring (bicyclic) bond motifs is 1. The quantitative estimate of drug-likeness (QED) is 0.683. The Hall–Kier alpha value is -0.790. The fourth-order valence-electron chi connectivity index (χ4n) is 5.08. The van der Waals surface area contributed by atoms with E-state index in [0.717, 1.165) is 35.9 Å². The van der Waals surface area contributed by atoms with Crippen molar-refractivity contribution in [3.8, 4) is 0 Å². The van der Waals surface area contributed by atoms with Gasteiger partial charge in [-0.05, 0) is 75.2 Å². The average molecular weight is 290 g/mol. The Kier molecular flexibility index (Phi) is 3.31. The van der Waals surface area contributed by atoms with E-state index in [4.69, 9.17) is 4.74 Å². The second-order valence-corrected chi connectivity index (χ2v) is 8.95. The first kappa shape index (κ1) is 15.1. The topological polar surface area (TPSA) is 26.3 Å². The average Bonchev–Trinajstić information content (AvgIpc) is 2.91. The minimum Gasteiger partial charge on any atom is -0.431 e. The highest BCUT2D eigenvalue weighted by Crippen LogP contribution is 2.78. The molecule has 2 nitrogen and oxygen atoms in total. The van der Waals surface area contributed by atoms with Gasteiger partial charge in [0.15, 0.2) is 0 Å². The lowest BCUT2D eigenvalue weighted by atomic mass is 9.70. The zero-order valence-electron chi connectivity index (χ0n) is 14.4. The van der Waals surface area contributed by atoms with Gasteiger partial charge in [0.2, 0.25) is 0 Å². The standard InChI is InChI=1S/C19H30O2/c1-11(2)13-8-7-12(3)19-10-9-14(16(19)15(13)19)21-17(20)18(4,5)6/h9,11-13,15-16H,7-8,10H2,1-6H3/t12-,13+,15+,16+,19+/m1/s1. The lowest BCUT2D eigenvalue weighted by Gasteiger charge is -2.35. The summed E-state index contributed by atoms with van der Waals surface area (Å²) in [5.41, 5.74) is 0.0143. The largest absolute Gasteiger partial charge is 0.431 e. The predicted octanol–water partition coefficient (Wildman–Crippen LogP) is 4.80. The van der Waals surface area contributed by atoms with Crippen LogP contribution in [0.5, 0.6) is 0 Å². The second-order valence-electron chi connectivity index (χ2n) is 8.95. The van der Waals surface area contributed by atoms with E-state index >= 15 is 0 Å². The molecule has 0 aromatic carbocycles. The molecular weight excluding hydrogens is 260 g/mol. The maximum Gasteiger partial charge on any atom is 0.316 e. The molecule has 118 valence electrons. The summed E-state index contributed by atoms with van der Waals surface area (Å²) in [7, 11) is 0. The Bertz CT molecular complexity index is 482. The third-order valence-electron chi connectivity index (χ3n) is 6.40. The Labute approximate surface area is 129 Å². The molecule has 2 saturated carbocycles. The van der Waals surface area contributed by atoms with Gasteiger partial charge in [0.05, 0.1) is 5.41 Å². The smallest absolute Gasteiger partial charge is 0.316 e. The predicted molar refractivity (Wildman–Crippen MR) is 84.4 cm³/mol. The maximum atomic E-state index is 12.2. The molecule has 0 aromatic heterocycles. The molecule has 0 heterocycles. The van der Waals surface area contributed by atoms with E-state index in [1.165, 1.54) is 12.8 Å². The molecule has 0 N–H and O–H groups in total. The summed E-state index contributed by atoms with van der Waals surface area (Å²) in [6, 6.07) is 0. The van der Waals surface area contributed by atoms with Crippen LogP contribution in [-0.4, -0.2) is 5.97 Å². The minimum atomic E-state index is -0.417. The van der Waals surface area contributed by atoms with E-state index in [9.17, 15) is 4.79 Å². The summed E-state index contributed by atoms with van der Waals surface area (Å²) < 4.78 is 5.81. The van der Waals surface area contributed by atoms with E-state index in [1.807, 2.05) is 20.8 Å². The Balaban J connectivity index is 1.79. The summed E-state index contributed by atoms with van der Waals surface area (Å²) in [6.07, 6.45) is 6.02. The van der Waals surface area contributed by atoms with Crippen LogP contribution in [0, 0.1) is 40.4 Å². The minimum absolute atomic E-state index is 0.0804. The SMILES string of the molecule is CC(C)[C@@H]1CC[C@@H](C)[C@]23CC=C(OC(=O)C(C)(C)C)[C@H]2[C@H]13. The fourth-order valence-corrected chi connectivity index (χ4v) is 5.08. The van der Waals surface area contributed by atoms with E-state index < -0.39 is 5.41 Å². The number of ether oxygens (including phenoxy) is 1. The number of carbonyl (C=O) groups is 1. The molecule has 0 aromatic rings. The number of hydrogen-bond donors (Lipinski definition) is 0. The van der Waals surface area contributed by atoms with Crippen LogP contribution in [0.15, 0.2) is 11.8 Å². The van der Waals surface area contributed by atoms with Gasteiger partial charge in [-0.15, -0.1) is 0 Å². The summed E-state index contributed by atoms with van der Waals surface area (Å²) in [5, 5.41) is 0. The van der Waals surface area contributed by atoms with Gasteiger partial charge in [-0.25, -0.2) is 0 Å². The fraction of sp³-hybridized carbons (Fsp3) is 0.842. The zero-order chi connectivity index (χ0) is 15.6. The van der Waals surface area contributed by atoms with Crippen molar-refractivity contribution in [1.29, 1.82) is 0 Å². The van der Waals surface area contributed by atoms with Crippen molar-refractivity contribution in [2.24, 2.45) is 40.4 Å². The molecule has 0 aliphatic heterocycles. The first-order valence-electron chi connectivity index (χ1n) is 8.62. The number of hydrogen-bond acceptors (Lipinski definition) is 2. The van der Waals surface area contributed by atoms with Crippen molar-refractivity contribution in [2.45, 2.75) is 60.8 Å². The van der Waals surface area contributed by atoms with Crippen LogP contribution < -0.4 is 0 Å². The molecule has 1 spiro atoms. The van der Waals surface area contributed by atoms with Gasteiger partial charge in [-0.3, -0.25) is 4.79 Å². The van der Waals surface area contributed by atoms with E-state index in [2.05, 4.69) is 26.8 Å². The Morgan fingerprint density at radius 2 is 2.00 bits per heavy atom. The molecule has 2 fully saturated rings. The molecule has 3 rings (SSSR count). The molecule has 0 radical (unpaired) electrons. The summed E-state index contributed by atoms with van der Waals surface area (Å²) in [4.78, 5) is 12.2. The zero-order valence-corrected chi connectivity index (χ0v) is 14.4. The van der Waals surface area contributed by atoms with Crippen LogP contribution in [-0.2, 0) is 9.53 Å². The summed E-state index contributed by atoms with van der Waals surface area (Å²) >= 11 is 0. The second kappa shape index (κ2) is 4.60. The van der Waals surface area contributed by atoms with Gasteiger partial charge >= 0.3 is 5.97 Å². The number of allylic oxidation sites excluding steroid dienone is 2. The molecule has 0 unspecified atom stereocenters. The Morgan fingerprint density at radius 1 is 1.33 bits per heavy atom. The summed E-state index contributed by atoms with van der Waals surface area (Å²) in [5.74, 6) is 4.52. The van der Waals surface area contributed by atoms with E-state index in [0.29, 0.717) is 11.3 Å². The molecule has 3 aliphatic rings. The van der Waals surface area contributed by atoms with Crippen molar-refractivity contribution in [1.82, 2.24) is 0 Å². The highest BCUT2D eigenvalue weighted by atomic mass is 16.5. The van der Waals surface area contributed by atoms with E-state index in [-0.39, 0.29) is 5.97 Å². The maximum absolute atomic E-state index is 12.2. The molecule has 0 bridgehead atoms. The molecule has 0 amide bonds. The summed E-state index contributed by atoms with van der Waals surface area (Å²) in [6.45, 7) is 12.9. The third kappa shape index (κ3) is 2.09. The van der Waals surface area contributed by atoms with Gasteiger partial charge in [0.25, 0.3) is 0 Å². The van der Waals surface area contributed by atoms with Crippen LogP contribution in [0.2, 0.25) is 0 Å². The third-order valence-corrected chi connectivity index (χ3v) is 6.40. The number of rotatable bonds is 2. The van der Waals surface area contributed by atoms with Crippen LogP contribution in [0.1, 0.15) is 60.8 Å². The van der Waals surface area contributed by atoms with Gasteiger partial charge in [0, 0.05) is 5.92 Å². The first-order valence-corrected chi connectivity index (χ1v) is 8.62. The van der Waals surface area contributed by atoms with Crippen LogP contribution >= 0.6 is 0 Å². The van der Waals surface area contributed by atoms with Crippen LogP contribution in [0.4, 0.5) is 0 Å². The van der Waals surface area contributed by atoms with Crippen molar-refractivity contribution in [2.75, 3.05) is 0 Å². The van der Waals surface area contributed by atoms with Crippen LogP contribution in [0.25, 0.3) is 0 Å². The number of carbonyl (C=O) groups excluding carboxylic acids is 1. The van der Waals surface area contributed by atoms with Gasteiger partial charge < -0.3 is 4.74 Å². The number of esters is 1. The molecular formula is C19H30O2. The van der Waals surface area contributed by atoms with Crippen molar-refractivity contribution >= 4 is 5.97 Å². The highest BCUT2D eigenvalue weighted by molar-refractivity contribution is 5.76. The normalized spacial score (nSPS) is 41.4.